The first-order valence-electron chi connectivity index (χ1n) is 7.63. The molecule has 2 N–H and O–H groups in total. The van der Waals surface area contributed by atoms with E-state index in [1.807, 2.05) is 18.2 Å². The van der Waals surface area contributed by atoms with Gasteiger partial charge in [-0.05, 0) is 35.9 Å². The monoisotopic (exact) mass is 364 g/mol. The molecule has 0 bridgehead atoms. The van der Waals surface area contributed by atoms with E-state index in [-0.39, 0.29) is 10.6 Å². The van der Waals surface area contributed by atoms with E-state index in [1.165, 1.54) is 6.07 Å². The lowest BCUT2D eigenvalue weighted by molar-refractivity contribution is -0.380. The van der Waals surface area contributed by atoms with E-state index in [9.17, 15) is 14.9 Å². The summed E-state index contributed by atoms with van der Waals surface area (Å²) in [5, 5.41) is 12.7. The van der Waals surface area contributed by atoms with Gasteiger partial charge in [-0.25, -0.2) is 0 Å². The van der Waals surface area contributed by atoms with Crippen LogP contribution in [0.3, 0.4) is 0 Å². The van der Waals surface area contributed by atoms with Gasteiger partial charge in [0.25, 0.3) is 5.56 Å². The molecule has 2 aliphatic rings. The second-order valence-electron chi connectivity index (χ2n) is 5.63. The van der Waals surface area contributed by atoms with Gasteiger partial charge in [-0.15, -0.1) is 0 Å². The van der Waals surface area contributed by atoms with Crippen LogP contribution in [-0.4, -0.2) is 19.9 Å². The van der Waals surface area contributed by atoms with Crippen LogP contribution in [0.1, 0.15) is 4.88 Å². The van der Waals surface area contributed by atoms with Crippen molar-refractivity contribution >= 4 is 29.0 Å². The molecule has 0 fully saturated rings. The summed E-state index contributed by atoms with van der Waals surface area (Å²) < 4.78 is 0. The number of pyridine rings is 1. The van der Waals surface area contributed by atoms with Crippen LogP contribution >= 0.6 is 11.3 Å². The summed E-state index contributed by atoms with van der Waals surface area (Å²) in [6, 6.07) is 8.67. The molecule has 0 unspecified atom stereocenters. The zero-order chi connectivity index (χ0) is 18.3. The van der Waals surface area contributed by atoms with Crippen molar-refractivity contribution in [2.75, 3.05) is 0 Å². The largest absolute Gasteiger partial charge is 0.341 e. The normalized spacial score (nSPS) is 11.9. The van der Waals surface area contributed by atoms with Crippen LogP contribution in [0.15, 0.2) is 47.5 Å². The molecule has 4 rings (SSSR count). The first-order valence-corrected chi connectivity index (χ1v) is 8.45. The number of nitrogens with zero attached hydrogens (tertiary/aromatic N) is 2. The molecule has 4 heterocycles. The Bertz CT molecular complexity index is 1350. The fraction of sp³-hybridized carbons (Fsp3) is 0. The summed E-state index contributed by atoms with van der Waals surface area (Å²) in [6.07, 6.45) is 5.03. The highest BCUT2D eigenvalue weighted by atomic mass is 32.1. The van der Waals surface area contributed by atoms with Crippen LogP contribution in [0.25, 0.3) is 23.8 Å². The molecule has 0 spiro atoms. The predicted molar refractivity (Wildman–Crippen MR) is 99.3 cm³/mol. The number of nitro groups is 1. The standard InChI is InChI=1S/C18H12N4O3S/c1-10-13(11-4-6-19-7-5-11)9-14-15(18(23)21-17(14)20-10)8-12-2-3-16(26-12)22(24)25/h2-9,20H,1H2,(H,21,23). The average molecular weight is 364 g/mol. The maximum Gasteiger partial charge on any atom is 0.324 e. The Kier molecular flexibility index (Phi) is 3.74. The molecular weight excluding hydrogens is 352 g/mol. The Labute approximate surface area is 149 Å². The minimum atomic E-state index is -0.445. The molecule has 0 saturated heterocycles. The molecule has 0 aromatic carbocycles. The van der Waals surface area contributed by atoms with Gasteiger partial charge in [-0.1, -0.05) is 17.9 Å². The minimum Gasteiger partial charge on any atom is -0.341 e. The second kappa shape index (κ2) is 6.08. The Morgan fingerprint density at radius 1 is 1.19 bits per heavy atom. The Balaban J connectivity index is 1.98. The van der Waals surface area contributed by atoms with Crippen molar-refractivity contribution in [2.45, 2.75) is 0 Å². The quantitative estimate of drug-likeness (QED) is 0.426. The van der Waals surface area contributed by atoms with Gasteiger partial charge in [-0.3, -0.25) is 19.9 Å². The fourth-order valence-electron chi connectivity index (χ4n) is 2.80. The van der Waals surface area contributed by atoms with Gasteiger partial charge in [0.1, 0.15) is 5.48 Å². The van der Waals surface area contributed by atoms with Gasteiger partial charge in [0.15, 0.2) is 0 Å². The summed E-state index contributed by atoms with van der Waals surface area (Å²) >= 11 is 1.02. The molecule has 0 radical (unpaired) electrons. The molecule has 128 valence electrons. The predicted octanol–water partition coefficient (Wildman–Crippen LogP) is 1.70. The van der Waals surface area contributed by atoms with Gasteiger partial charge in [-0.2, -0.15) is 0 Å². The van der Waals surface area contributed by atoms with Gasteiger partial charge >= 0.3 is 5.00 Å². The number of hydrogen-bond donors (Lipinski definition) is 2. The highest BCUT2D eigenvalue weighted by Crippen LogP contribution is 2.24. The van der Waals surface area contributed by atoms with E-state index in [0.717, 1.165) is 22.5 Å². The van der Waals surface area contributed by atoms with Crippen molar-refractivity contribution in [3.63, 3.8) is 0 Å². The minimum absolute atomic E-state index is 0.0348. The number of aromatic amines is 2. The van der Waals surface area contributed by atoms with Gasteiger partial charge in [0.05, 0.1) is 10.1 Å². The molecule has 26 heavy (non-hydrogen) atoms. The lowest BCUT2D eigenvalue weighted by Crippen LogP contribution is -2.22. The summed E-state index contributed by atoms with van der Waals surface area (Å²) in [5.41, 5.74) is 2.08. The number of nitrogens with one attached hydrogen (secondary N) is 2. The lowest BCUT2D eigenvalue weighted by Gasteiger charge is -2.01. The van der Waals surface area contributed by atoms with Crippen molar-refractivity contribution in [2.24, 2.45) is 0 Å². The zero-order valence-corrected chi connectivity index (χ0v) is 14.2. The van der Waals surface area contributed by atoms with E-state index >= 15 is 0 Å². The Morgan fingerprint density at radius 2 is 1.96 bits per heavy atom. The van der Waals surface area contributed by atoms with Gasteiger partial charge in [0, 0.05) is 39.5 Å². The van der Waals surface area contributed by atoms with Crippen LogP contribution < -0.4 is 16.1 Å². The van der Waals surface area contributed by atoms with Crippen LogP contribution in [0.5, 0.6) is 0 Å². The number of rotatable bonds is 3. The van der Waals surface area contributed by atoms with Gasteiger partial charge < -0.3 is 9.97 Å². The van der Waals surface area contributed by atoms with E-state index < -0.39 is 4.92 Å². The van der Waals surface area contributed by atoms with E-state index in [1.54, 1.807) is 24.5 Å². The summed E-state index contributed by atoms with van der Waals surface area (Å²) in [4.78, 5) is 33.3. The Hall–Kier alpha value is -3.52. The first kappa shape index (κ1) is 16.0. The topological polar surface area (TPSA) is 105 Å². The van der Waals surface area contributed by atoms with Crippen LogP contribution in [-0.2, 0) is 0 Å². The molecular formula is C18H12N4O3S. The van der Waals surface area contributed by atoms with Crippen molar-refractivity contribution in [3.8, 4) is 11.1 Å². The Morgan fingerprint density at radius 3 is 2.65 bits per heavy atom. The van der Waals surface area contributed by atoms with E-state index in [0.29, 0.717) is 26.1 Å². The van der Waals surface area contributed by atoms with Crippen LogP contribution in [0.2, 0.25) is 0 Å². The van der Waals surface area contributed by atoms with Crippen molar-refractivity contribution in [1.29, 1.82) is 0 Å². The molecule has 7 nitrogen and oxygen atoms in total. The smallest absolute Gasteiger partial charge is 0.324 e. The number of aromatic nitrogens is 3. The third kappa shape index (κ3) is 2.72. The molecule has 2 aromatic heterocycles. The van der Waals surface area contributed by atoms with Crippen LogP contribution in [0.4, 0.5) is 5.00 Å². The number of H-pyrrole nitrogens is 2. The third-order valence-electron chi connectivity index (χ3n) is 4.00. The summed E-state index contributed by atoms with van der Waals surface area (Å²) in [6.45, 7) is 4.01. The average Bonchev–Trinajstić information content (AvgIpc) is 3.20. The highest BCUT2D eigenvalue weighted by Gasteiger charge is 2.10. The molecule has 2 aromatic rings. The third-order valence-corrected chi connectivity index (χ3v) is 4.99. The highest BCUT2D eigenvalue weighted by molar-refractivity contribution is 7.16. The number of thiophene rings is 1. The van der Waals surface area contributed by atoms with Crippen molar-refractivity contribution < 1.29 is 4.92 Å². The molecule has 0 atom stereocenters. The molecule has 0 amide bonds. The second-order valence-corrected chi connectivity index (χ2v) is 6.73. The molecule has 2 aliphatic heterocycles. The zero-order valence-electron chi connectivity index (χ0n) is 13.4. The van der Waals surface area contributed by atoms with E-state index in [4.69, 9.17) is 0 Å². The summed E-state index contributed by atoms with van der Waals surface area (Å²) in [7, 11) is 0. The van der Waals surface area contributed by atoms with Crippen LogP contribution in [0, 0.1) is 20.8 Å². The van der Waals surface area contributed by atoms with Gasteiger partial charge in [0.2, 0.25) is 0 Å². The lowest BCUT2D eigenvalue weighted by atomic mass is 10.1. The van der Waals surface area contributed by atoms with Crippen molar-refractivity contribution in [3.05, 3.63) is 89.3 Å². The first-order chi connectivity index (χ1) is 12.5. The molecule has 0 saturated carbocycles. The number of hydrogen-bond acceptors (Lipinski definition) is 5. The van der Waals surface area contributed by atoms with Crippen molar-refractivity contribution in [1.82, 2.24) is 15.0 Å². The SMILES string of the molecule is C=c1[nH]c2[nH]c(=O)c(=Cc3ccc([N+](=O)[O-])s3)c=2cc1-c1ccncc1. The summed E-state index contributed by atoms with van der Waals surface area (Å²) in [5.74, 6) is 0. The van der Waals surface area contributed by atoms with E-state index in [2.05, 4.69) is 21.5 Å². The fourth-order valence-corrected chi connectivity index (χ4v) is 3.56. The molecule has 8 heteroatoms. The maximum absolute atomic E-state index is 12.4. The maximum atomic E-state index is 12.4. The molecule has 0 aliphatic carbocycles.